The highest BCUT2D eigenvalue weighted by Crippen LogP contribution is 2.59. The molecule has 0 aromatic heterocycles. The molecule has 0 radical (unpaired) electrons. The number of benzene rings is 10. The van der Waals surface area contributed by atoms with E-state index in [0.29, 0.717) is 0 Å². The maximum Gasteiger partial charge on any atom is -0.000730 e. The number of hydrogen-bond acceptors (Lipinski definition) is 0. The van der Waals surface area contributed by atoms with Crippen molar-refractivity contribution < 1.29 is 0 Å². The Morgan fingerprint density at radius 3 is 1.57 bits per heavy atom. The van der Waals surface area contributed by atoms with Crippen LogP contribution in [0.5, 0.6) is 0 Å². The van der Waals surface area contributed by atoms with E-state index in [0.717, 1.165) is 0 Å². The molecule has 10 aromatic carbocycles. The Balaban J connectivity index is 1.38. The third-order valence-electron chi connectivity index (χ3n) is 10.9. The third-order valence-corrected chi connectivity index (χ3v) is 10.9. The lowest BCUT2D eigenvalue weighted by Gasteiger charge is -2.21. The summed E-state index contributed by atoms with van der Waals surface area (Å²) in [6.45, 7) is 2.25. The Morgan fingerprint density at radius 1 is 0.298 bits per heavy atom. The van der Waals surface area contributed by atoms with Crippen LogP contribution in [-0.4, -0.2) is 0 Å². The molecular formula is C47H28. The van der Waals surface area contributed by atoms with Gasteiger partial charge in [-0.05, 0) is 128 Å². The first-order chi connectivity index (χ1) is 23.3. The number of rotatable bonds is 2. The van der Waals surface area contributed by atoms with Crippen LogP contribution in [0, 0.1) is 6.92 Å². The molecule has 0 heterocycles. The van der Waals surface area contributed by atoms with E-state index in [-0.39, 0.29) is 0 Å². The molecule has 10 aromatic rings. The van der Waals surface area contributed by atoms with E-state index in [1.165, 1.54) is 115 Å². The van der Waals surface area contributed by atoms with Gasteiger partial charge in [0.2, 0.25) is 0 Å². The van der Waals surface area contributed by atoms with Crippen LogP contribution >= 0.6 is 0 Å². The van der Waals surface area contributed by atoms with Crippen molar-refractivity contribution in [1.82, 2.24) is 0 Å². The predicted octanol–water partition coefficient (Wildman–Crippen LogP) is 13.3. The lowest BCUT2D eigenvalue weighted by atomic mass is 9.81. The van der Waals surface area contributed by atoms with Gasteiger partial charge in [0, 0.05) is 0 Å². The van der Waals surface area contributed by atoms with Crippen molar-refractivity contribution in [3.8, 4) is 44.5 Å². The van der Waals surface area contributed by atoms with Crippen LogP contribution in [-0.2, 0) is 0 Å². The zero-order valence-electron chi connectivity index (χ0n) is 25.9. The molecule has 0 amide bonds. The standard InChI is InChI=1S/C47H28/c1-27-10-2-5-15-32(27)43-36-17-7-6-16-35(36)42(31-21-20-28-11-3-4-12-30(28)26-31)46-39-24-22-37-33-18-8-13-29-14-9-19-34(41(29)33)38-23-25-40(47(43)46)45(39)44(37)38/h2-26H,1H3. The second-order valence-corrected chi connectivity index (χ2v) is 13.2. The quantitative estimate of drug-likeness (QED) is 0.138. The molecule has 1 aliphatic rings. The number of aryl methyl sites for hydroxylation is 1. The molecule has 0 aliphatic heterocycles. The number of hydrogen-bond donors (Lipinski definition) is 0. The van der Waals surface area contributed by atoms with Crippen molar-refractivity contribution in [3.63, 3.8) is 0 Å². The third kappa shape index (κ3) is 3.22. The zero-order valence-corrected chi connectivity index (χ0v) is 25.9. The largest absolute Gasteiger partial charge is 0.0620 e. The van der Waals surface area contributed by atoms with Gasteiger partial charge in [-0.1, -0.05) is 146 Å². The van der Waals surface area contributed by atoms with Crippen molar-refractivity contribution in [2.75, 3.05) is 0 Å². The molecule has 11 rings (SSSR count). The van der Waals surface area contributed by atoms with Gasteiger partial charge in [-0.25, -0.2) is 0 Å². The lowest BCUT2D eigenvalue weighted by molar-refractivity contribution is 1.47. The predicted molar refractivity (Wildman–Crippen MR) is 203 cm³/mol. The maximum atomic E-state index is 2.42. The molecule has 0 saturated carbocycles. The first kappa shape index (κ1) is 25.2. The Bertz CT molecular complexity index is 2910. The monoisotopic (exact) mass is 592 g/mol. The smallest absolute Gasteiger partial charge is 0.000730 e. The average molecular weight is 593 g/mol. The summed E-state index contributed by atoms with van der Waals surface area (Å²) in [5.74, 6) is 0. The van der Waals surface area contributed by atoms with Gasteiger partial charge < -0.3 is 0 Å². The fourth-order valence-corrected chi connectivity index (χ4v) is 8.91. The van der Waals surface area contributed by atoms with E-state index in [4.69, 9.17) is 0 Å². The van der Waals surface area contributed by atoms with Gasteiger partial charge in [0.25, 0.3) is 0 Å². The van der Waals surface area contributed by atoms with Gasteiger partial charge in [0.05, 0.1) is 0 Å². The second-order valence-electron chi connectivity index (χ2n) is 13.2. The second kappa shape index (κ2) is 9.06. The van der Waals surface area contributed by atoms with E-state index < -0.39 is 0 Å². The minimum Gasteiger partial charge on any atom is -0.0620 e. The summed E-state index contributed by atoms with van der Waals surface area (Å²) >= 11 is 0. The molecule has 0 bridgehead atoms. The molecule has 0 nitrogen and oxygen atoms in total. The molecule has 0 atom stereocenters. The van der Waals surface area contributed by atoms with Gasteiger partial charge in [0.1, 0.15) is 0 Å². The summed E-state index contributed by atoms with van der Waals surface area (Å²) in [4.78, 5) is 0. The normalized spacial score (nSPS) is 12.4. The van der Waals surface area contributed by atoms with Crippen LogP contribution in [0.1, 0.15) is 5.56 Å². The molecule has 0 heteroatoms. The zero-order chi connectivity index (χ0) is 30.8. The molecule has 0 unspecified atom stereocenters. The molecular weight excluding hydrogens is 565 g/mol. The van der Waals surface area contributed by atoms with E-state index in [1.54, 1.807) is 0 Å². The Morgan fingerprint density at radius 2 is 0.851 bits per heavy atom. The molecule has 0 N–H and O–H groups in total. The van der Waals surface area contributed by atoms with E-state index in [1.807, 2.05) is 0 Å². The maximum absolute atomic E-state index is 2.42. The van der Waals surface area contributed by atoms with Gasteiger partial charge in [-0.3, -0.25) is 0 Å². The first-order valence-corrected chi connectivity index (χ1v) is 16.5. The van der Waals surface area contributed by atoms with E-state index in [9.17, 15) is 0 Å². The van der Waals surface area contributed by atoms with Crippen molar-refractivity contribution in [2.45, 2.75) is 6.92 Å². The molecule has 1 aliphatic carbocycles. The minimum absolute atomic E-state index is 1.26. The van der Waals surface area contributed by atoms with Crippen LogP contribution in [0.4, 0.5) is 0 Å². The molecule has 216 valence electrons. The highest BCUT2D eigenvalue weighted by Gasteiger charge is 2.32. The van der Waals surface area contributed by atoms with Crippen molar-refractivity contribution >= 4 is 64.6 Å². The Labute approximate surface area is 272 Å². The molecule has 0 fully saturated rings. The topological polar surface area (TPSA) is 0 Å². The number of fused-ring (bicyclic) bond motifs is 7. The summed E-state index contributed by atoms with van der Waals surface area (Å²) in [7, 11) is 0. The van der Waals surface area contributed by atoms with E-state index >= 15 is 0 Å². The highest BCUT2D eigenvalue weighted by atomic mass is 14.3. The summed E-state index contributed by atoms with van der Waals surface area (Å²) in [5, 5.41) is 15.9. The van der Waals surface area contributed by atoms with Gasteiger partial charge in [0.15, 0.2) is 0 Å². The first-order valence-electron chi connectivity index (χ1n) is 16.5. The van der Waals surface area contributed by atoms with Crippen LogP contribution in [0.25, 0.3) is 109 Å². The van der Waals surface area contributed by atoms with E-state index in [2.05, 4.69) is 159 Å². The Kier molecular flexibility index (Phi) is 4.86. The van der Waals surface area contributed by atoms with Gasteiger partial charge in [-0.15, -0.1) is 0 Å². The molecule has 0 saturated heterocycles. The van der Waals surface area contributed by atoms with Crippen molar-refractivity contribution in [1.29, 1.82) is 0 Å². The van der Waals surface area contributed by atoms with Gasteiger partial charge in [-0.2, -0.15) is 0 Å². The van der Waals surface area contributed by atoms with Crippen molar-refractivity contribution in [2.24, 2.45) is 0 Å². The molecule has 0 spiro atoms. The van der Waals surface area contributed by atoms with Gasteiger partial charge >= 0.3 is 0 Å². The Hall–Kier alpha value is -5.98. The SMILES string of the molecule is Cc1ccccc1-c1c2c(c(-c3ccc4ccccc4c3)c3ccccc13)-c1ccc3c4cccc5cccc(c6ccc-2c1c36)c54. The summed E-state index contributed by atoms with van der Waals surface area (Å²) in [6, 6.07) is 56.9. The van der Waals surface area contributed by atoms with Crippen LogP contribution in [0.3, 0.4) is 0 Å². The fraction of sp³-hybridized carbons (Fsp3) is 0.0213. The van der Waals surface area contributed by atoms with Crippen molar-refractivity contribution in [3.05, 3.63) is 157 Å². The van der Waals surface area contributed by atoms with Crippen LogP contribution in [0.2, 0.25) is 0 Å². The summed E-state index contributed by atoms with van der Waals surface area (Å²) in [5.41, 5.74) is 11.9. The minimum atomic E-state index is 1.26. The lowest BCUT2D eigenvalue weighted by Crippen LogP contribution is -1.94. The fourth-order valence-electron chi connectivity index (χ4n) is 8.91. The average Bonchev–Trinajstić information content (AvgIpc) is 3.46. The van der Waals surface area contributed by atoms with Crippen LogP contribution in [0.15, 0.2) is 152 Å². The highest BCUT2D eigenvalue weighted by molar-refractivity contribution is 6.39. The summed E-state index contributed by atoms with van der Waals surface area (Å²) < 4.78 is 0. The van der Waals surface area contributed by atoms with Crippen LogP contribution < -0.4 is 0 Å². The molecule has 47 heavy (non-hydrogen) atoms. The summed E-state index contributed by atoms with van der Waals surface area (Å²) in [6.07, 6.45) is 0.